The van der Waals surface area contributed by atoms with Gasteiger partial charge in [-0.15, -0.1) is 13.2 Å². The lowest BCUT2D eigenvalue weighted by molar-refractivity contribution is 0.588. The van der Waals surface area contributed by atoms with Crippen LogP contribution in [0.4, 0.5) is 14.1 Å². The van der Waals surface area contributed by atoms with E-state index in [0.717, 1.165) is 13.1 Å². The summed E-state index contributed by atoms with van der Waals surface area (Å²) < 4.78 is 1.71. The average Bonchev–Trinajstić information content (AvgIpc) is 1.68. The Morgan fingerprint density at radius 1 is 1.00 bits per heavy atom. The first-order valence-electron chi connectivity index (χ1n) is 2.45. The lowest BCUT2D eigenvalue weighted by atomic mass is 10.5. The largest absolute Gasteiger partial charge is 0.269 e. The Morgan fingerprint density at radius 2 is 1.27 bits per heavy atom. The van der Waals surface area contributed by atoms with Gasteiger partial charge < -0.3 is 0 Å². The molecule has 0 saturated carbocycles. The van der Waals surface area contributed by atoms with Crippen LogP contribution in [0.2, 0.25) is 0 Å². The third-order valence-electron chi connectivity index (χ3n) is 0.665. The van der Waals surface area contributed by atoms with Gasteiger partial charge in [0.2, 0.25) is 0 Å². The molecule has 69 valence electrons. The molecule has 11 heavy (non-hydrogen) atoms. The summed E-state index contributed by atoms with van der Waals surface area (Å²) in [6.45, 7) is 8.58. The van der Waals surface area contributed by atoms with Gasteiger partial charge in [-0.1, -0.05) is 12.2 Å². The van der Waals surface area contributed by atoms with Crippen LogP contribution in [0.25, 0.3) is 0 Å². The van der Waals surface area contributed by atoms with Crippen molar-refractivity contribution < 1.29 is 14.1 Å². The molecule has 5 heteroatoms. The lowest BCUT2D eigenvalue weighted by Crippen LogP contribution is -2.10. The SMILES string of the molecule is C=CCN([S])CC=C.F.F.F. The van der Waals surface area contributed by atoms with Crippen molar-refractivity contribution in [2.24, 2.45) is 0 Å². The fraction of sp³-hybridized carbons (Fsp3) is 0.333. The first-order valence-corrected chi connectivity index (χ1v) is 2.81. The van der Waals surface area contributed by atoms with Gasteiger partial charge in [-0.2, -0.15) is 0 Å². The van der Waals surface area contributed by atoms with Crippen molar-refractivity contribution in [3.63, 3.8) is 0 Å². The summed E-state index contributed by atoms with van der Waals surface area (Å²) in [5, 5.41) is 0. The molecule has 0 aliphatic heterocycles. The van der Waals surface area contributed by atoms with Crippen LogP contribution < -0.4 is 0 Å². The summed E-state index contributed by atoms with van der Waals surface area (Å²) in [5.41, 5.74) is 0. The molecule has 0 N–H and O–H groups in total. The van der Waals surface area contributed by atoms with Crippen molar-refractivity contribution in [2.45, 2.75) is 0 Å². The maximum atomic E-state index is 4.83. The van der Waals surface area contributed by atoms with Crippen molar-refractivity contribution in [3.8, 4) is 0 Å². The molecule has 0 aliphatic carbocycles. The van der Waals surface area contributed by atoms with Crippen molar-refractivity contribution in [1.82, 2.24) is 4.31 Å². The summed E-state index contributed by atoms with van der Waals surface area (Å²) >= 11 is 4.83. The van der Waals surface area contributed by atoms with Crippen molar-refractivity contribution in [3.05, 3.63) is 25.3 Å². The molecule has 1 nitrogen and oxygen atoms in total. The van der Waals surface area contributed by atoms with Gasteiger partial charge in [0.1, 0.15) is 0 Å². The van der Waals surface area contributed by atoms with Crippen LogP contribution in [0.1, 0.15) is 0 Å². The molecular formula is C6H13F3NS. The summed E-state index contributed by atoms with van der Waals surface area (Å²) in [5.74, 6) is 0. The standard InChI is InChI=1S/C6H10NS.3FH/c1-3-5-7(8)6-4-2;;;/h3-4H,1-2,5-6H2;3*1H. The van der Waals surface area contributed by atoms with Gasteiger partial charge in [-0.3, -0.25) is 14.1 Å². The van der Waals surface area contributed by atoms with Gasteiger partial charge in [-0.05, 0) is 0 Å². The van der Waals surface area contributed by atoms with Gasteiger partial charge in [0.05, 0.1) is 0 Å². The smallest absolute Gasteiger partial charge is 0.0279 e. The van der Waals surface area contributed by atoms with Crippen molar-refractivity contribution >= 4 is 12.8 Å². The Bertz CT molecular complexity index is 79.9. The molecule has 0 unspecified atom stereocenters. The molecule has 0 rings (SSSR count). The predicted molar refractivity (Wildman–Crippen MR) is 47.1 cm³/mol. The Hall–Kier alpha value is -0.420. The highest BCUT2D eigenvalue weighted by molar-refractivity contribution is 7.77. The van der Waals surface area contributed by atoms with E-state index in [1.165, 1.54) is 0 Å². The molecule has 0 saturated heterocycles. The molecule has 0 aromatic rings. The van der Waals surface area contributed by atoms with Crippen LogP contribution in [-0.2, 0) is 0 Å². The van der Waals surface area contributed by atoms with Gasteiger partial charge in [0, 0.05) is 25.9 Å². The number of hydrogen-bond acceptors (Lipinski definition) is 1. The van der Waals surface area contributed by atoms with E-state index >= 15 is 0 Å². The van der Waals surface area contributed by atoms with Crippen LogP contribution >= 0.6 is 12.8 Å². The number of halogens is 3. The van der Waals surface area contributed by atoms with Gasteiger partial charge >= 0.3 is 0 Å². The van der Waals surface area contributed by atoms with E-state index in [-0.39, 0.29) is 14.1 Å². The van der Waals surface area contributed by atoms with E-state index in [0.29, 0.717) is 0 Å². The quantitative estimate of drug-likeness (QED) is 0.611. The molecule has 0 aromatic carbocycles. The van der Waals surface area contributed by atoms with Gasteiger partial charge in [0.25, 0.3) is 0 Å². The number of nitrogens with zero attached hydrogens (tertiary/aromatic N) is 1. The molecule has 0 amide bonds. The molecule has 0 fully saturated rings. The second-order valence-electron chi connectivity index (χ2n) is 1.42. The van der Waals surface area contributed by atoms with Crippen molar-refractivity contribution in [1.29, 1.82) is 0 Å². The zero-order valence-electron chi connectivity index (χ0n) is 6.06. The number of hydrogen-bond donors (Lipinski definition) is 0. The number of rotatable bonds is 4. The Labute approximate surface area is 70.4 Å². The minimum absolute atomic E-state index is 0. The average molecular weight is 188 g/mol. The minimum Gasteiger partial charge on any atom is -0.269 e. The molecule has 0 heterocycles. The lowest BCUT2D eigenvalue weighted by Gasteiger charge is -2.05. The fourth-order valence-electron chi connectivity index (χ4n) is 0.363. The first kappa shape index (κ1) is 22.4. The van der Waals surface area contributed by atoms with Crippen LogP contribution in [0.5, 0.6) is 0 Å². The second-order valence-corrected chi connectivity index (χ2v) is 1.94. The van der Waals surface area contributed by atoms with E-state index in [2.05, 4.69) is 13.2 Å². The van der Waals surface area contributed by atoms with E-state index < -0.39 is 0 Å². The maximum absolute atomic E-state index is 4.83. The topological polar surface area (TPSA) is 3.24 Å². The van der Waals surface area contributed by atoms with Gasteiger partial charge in [-0.25, -0.2) is 4.31 Å². The highest BCUT2D eigenvalue weighted by Crippen LogP contribution is 1.90. The zero-order chi connectivity index (χ0) is 6.41. The van der Waals surface area contributed by atoms with Crippen LogP contribution in [0, 0.1) is 0 Å². The molecule has 0 atom stereocenters. The van der Waals surface area contributed by atoms with Gasteiger partial charge in [0.15, 0.2) is 0 Å². The Kier molecular flexibility index (Phi) is 33.2. The molecule has 0 aliphatic rings. The van der Waals surface area contributed by atoms with E-state index in [9.17, 15) is 0 Å². The third kappa shape index (κ3) is 17.7. The Morgan fingerprint density at radius 3 is 1.45 bits per heavy atom. The molecular weight excluding hydrogens is 175 g/mol. The zero-order valence-corrected chi connectivity index (χ0v) is 6.88. The summed E-state index contributed by atoms with van der Waals surface area (Å²) in [7, 11) is 0. The first-order chi connectivity index (χ1) is 3.81. The summed E-state index contributed by atoms with van der Waals surface area (Å²) in [6.07, 6.45) is 3.55. The van der Waals surface area contributed by atoms with Crippen LogP contribution in [0.15, 0.2) is 25.3 Å². The molecule has 0 bridgehead atoms. The third-order valence-corrected chi connectivity index (χ3v) is 0.964. The highest BCUT2D eigenvalue weighted by Gasteiger charge is 1.88. The fourth-order valence-corrected chi connectivity index (χ4v) is 0.573. The minimum atomic E-state index is 0. The monoisotopic (exact) mass is 188 g/mol. The second kappa shape index (κ2) is 16.3. The highest BCUT2D eigenvalue weighted by atomic mass is 32.1. The van der Waals surface area contributed by atoms with Crippen LogP contribution in [0.3, 0.4) is 0 Å². The normalized spacial score (nSPS) is 6.73. The van der Waals surface area contributed by atoms with Crippen LogP contribution in [-0.4, -0.2) is 17.4 Å². The molecule has 0 aromatic heterocycles. The molecule has 0 spiro atoms. The summed E-state index contributed by atoms with van der Waals surface area (Å²) in [6, 6.07) is 0. The maximum Gasteiger partial charge on any atom is 0.0279 e. The predicted octanol–water partition coefficient (Wildman–Crippen LogP) is 2.23. The van der Waals surface area contributed by atoms with E-state index in [1.54, 1.807) is 16.5 Å². The van der Waals surface area contributed by atoms with Crippen molar-refractivity contribution in [2.75, 3.05) is 13.1 Å². The summed E-state index contributed by atoms with van der Waals surface area (Å²) in [4.78, 5) is 0. The Balaban J connectivity index is -0.0000000817. The molecule has 1 radical (unpaired) electrons. The van der Waals surface area contributed by atoms with E-state index in [1.807, 2.05) is 0 Å². The van der Waals surface area contributed by atoms with E-state index in [4.69, 9.17) is 12.8 Å².